The van der Waals surface area contributed by atoms with Gasteiger partial charge in [-0.25, -0.2) is 0 Å². The maximum absolute atomic E-state index is 11.0. The molecule has 0 saturated carbocycles. The summed E-state index contributed by atoms with van der Waals surface area (Å²) < 4.78 is 1.44. The van der Waals surface area contributed by atoms with E-state index in [0.29, 0.717) is 20.1 Å². The number of carbonyl (C=O) groups is 2. The van der Waals surface area contributed by atoms with E-state index in [0.717, 1.165) is 18.4 Å². The molecule has 2 rings (SSSR count). The van der Waals surface area contributed by atoms with Gasteiger partial charge in [-0.15, -0.1) is 0 Å². The number of hydrogen-bond acceptors (Lipinski definition) is 3. The molecule has 2 aromatic rings. The topological polar surface area (TPSA) is 101 Å². The molecule has 1 heterocycles. The van der Waals surface area contributed by atoms with E-state index in [4.69, 9.17) is 15.9 Å². The first-order chi connectivity index (χ1) is 11.3. The van der Waals surface area contributed by atoms with Crippen LogP contribution in [0.5, 0.6) is 0 Å². The summed E-state index contributed by atoms with van der Waals surface area (Å²) in [5.41, 5.74) is 6.52. The average Bonchev–Trinajstić information content (AvgIpc) is 3.06. The minimum absolute atomic E-state index is 0.0208. The van der Waals surface area contributed by atoms with Gasteiger partial charge in [-0.1, -0.05) is 13.8 Å². The number of hydrogen-bond donors (Lipinski definition) is 3. The Balaban J connectivity index is 0.000000307. The van der Waals surface area contributed by atoms with Crippen LogP contribution in [0.4, 0.5) is 0 Å². The van der Waals surface area contributed by atoms with E-state index in [1.54, 1.807) is 26.0 Å². The van der Waals surface area contributed by atoms with Crippen molar-refractivity contribution in [2.75, 3.05) is 0 Å². The van der Waals surface area contributed by atoms with Gasteiger partial charge in [0.2, 0.25) is 0 Å². The van der Waals surface area contributed by atoms with Crippen molar-refractivity contribution < 1.29 is 19.8 Å². The quantitative estimate of drug-likeness (QED) is 0.651. The van der Waals surface area contributed by atoms with E-state index in [1.165, 1.54) is 4.44 Å². The summed E-state index contributed by atoms with van der Waals surface area (Å²) in [4.78, 5) is 23.2. The van der Waals surface area contributed by atoms with Crippen LogP contribution in [-0.4, -0.2) is 42.7 Å². The zero-order chi connectivity index (χ0) is 18.1. The number of carboxylic acids is 2. The average molecular weight is 396 g/mol. The van der Waals surface area contributed by atoms with Crippen LogP contribution < -0.4 is 5.73 Å². The van der Waals surface area contributed by atoms with Crippen molar-refractivity contribution in [3.05, 3.63) is 56.9 Å². The van der Waals surface area contributed by atoms with Crippen LogP contribution >= 0.6 is 0 Å². The Labute approximate surface area is 147 Å². The van der Waals surface area contributed by atoms with Gasteiger partial charge in [0.15, 0.2) is 0 Å². The molecule has 0 amide bonds. The molecular weight excluding hydrogens is 373 g/mol. The summed E-state index contributed by atoms with van der Waals surface area (Å²) in [5, 5.41) is 17.3. The van der Waals surface area contributed by atoms with Crippen molar-refractivity contribution in [3.8, 4) is 0 Å². The fourth-order valence-corrected chi connectivity index (χ4v) is 3.43. The first-order valence-corrected chi connectivity index (χ1v) is 9.49. The summed E-state index contributed by atoms with van der Waals surface area (Å²) in [6.45, 7) is 3.55. The van der Waals surface area contributed by atoms with Gasteiger partial charge in [-0.05, 0) is 5.92 Å². The molecule has 0 radical (unpaired) electrons. The molecule has 6 heteroatoms. The van der Waals surface area contributed by atoms with Crippen LogP contribution in [0, 0.1) is 5.92 Å². The van der Waals surface area contributed by atoms with Gasteiger partial charge in [-0.3, -0.25) is 4.79 Å². The first kappa shape index (κ1) is 20.2. The van der Waals surface area contributed by atoms with Crippen LogP contribution in [0.3, 0.4) is 0 Å². The van der Waals surface area contributed by atoms with Crippen LogP contribution in [0.25, 0.3) is 0 Å². The molecule has 0 spiro atoms. The molecule has 0 saturated heterocycles. The van der Waals surface area contributed by atoms with E-state index in [-0.39, 0.29) is 5.92 Å². The van der Waals surface area contributed by atoms with Crippen molar-refractivity contribution in [1.29, 1.82) is 0 Å². The molecule has 1 aromatic carbocycles. The molecule has 0 aliphatic rings. The molecule has 130 valence electrons. The normalized spacial score (nSPS) is 11.5. The van der Waals surface area contributed by atoms with E-state index in [9.17, 15) is 9.59 Å². The zero-order valence-electron chi connectivity index (χ0n) is 13.8. The Bertz CT molecular complexity index is 653. The monoisotopic (exact) mass is 397 g/mol. The van der Waals surface area contributed by atoms with Gasteiger partial charge >= 0.3 is 106 Å². The van der Waals surface area contributed by atoms with E-state index >= 15 is 0 Å². The number of aryl methyl sites for hydroxylation is 2. The number of carboxylic acid groups (broad SMARTS) is 2. The molecule has 0 bridgehead atoms. The van der Waals surface area contributed by atoms with E-state index in [1.807, 2.05) is 12.1 Å². The second-order valence-corrected chi connectivity index (χ2v) is 7.82. The van der Waals surface area contributed by atoms with E-state index in [2.05, 4.69) is 17.1 Å². The number of benzene rings is 1. The number of aliphatic carboxylic acids is 1. The van der Waals surface area contributed by atoms with Crippen molar-refractivity contribution in [2.24, 2.45) is 11.7 Å². The van der Waals surface area contributed by atoms with Crippen LogP contribution in [0.2, 0.25) is 0 Å². The van der Waals surface area contributed by atoms with Gasteiger partial charge in [-0.2, -0.15) is 0 Å². The standard InChI is InChI=1S/C13H12O2Se.C5H11NO2/c14-13(15)12-6-2-1-4-10(12)7-8-11-5-3-9-16-11;1-3(2)4(6)5(7)8/h1-6,9H,7-8H2,(H,14,15);3-4H,6H2,1-2H3,(H,7,8)/t;4-/m.0/s1. The molecule has 1 aromatic heterocycles. The molecular formula is C18H23NO4Se. The molecule has 4 N–H and O–H groups in total. The molecule has 1 atom stereocenters. The summed E-state index contributed by atoms with van der Waals surface area (Å²) in [6.07, 6.45) is 1.79. The number of nitrogens with two attached hydrogens (primary N) is 1. The Hall–Kier alpha value is -1.88. The van der Waals surface area contributed by atoms with Crippen molar-refractivity contribution in [1.82, 2.24) is 0 Å². The third-order valence-electron chi connectivity index (χ3n) is 3.47. The Morgan fingerprint density at radius 3 is 2.21 bits per heavy atom. The summed E-state index contributed by atoms with van der Waals surface area (Å²) in [5.74, 6) is -1.74. The van der Waals surface area contributed by atoms with Crippen LogP contribution in [-0.2, 0) is 17.6 Å². The predicted molar refractivity (Wildman–Crippen MR) is 94.6 cm³/mol. The molecule has 0 unspecified atom stereocenters. The fourth-order valence-electron chi connectivity index (χ4n) is 1.94. The van der Waals surface area contributed by atoms with Crippen molar-refractivity contribution >= 4 is 26.4 Å². The van der Waals surface area contributed by atoms with Gasteiger partial charge in [0, 0.05) is 0 Å². The molecule has 24 heavy (non-hydrogen) atoms. The Morgan fingerprint density at radius 1 is 1.08 bits per heavy atom. The van der Waals surface area contributed by atoms with Gasteiger partial charge in [0.05, 0.1) is 0 Å². The van der Waals surface area contributed by atoms with Crippen LogP contribution in [0.1, 0.15) is 34.2 Å². The Morgan fingerprint density at radius 2 is 1.75 bits per heavy atom. The minimum atomic E-state index is -0.931. The molecule has 0 aliphatic carbocycles. The fraction of sp³-hybridized carbons (Fsp3) is 0.333. The third kappa shape index (κ3) is 6.71. The predicted octanol–water partition coefficient (Wildman–Crippen LogP) is 2.28. The maximum atomic E-state index is 11.0. The van der Waals surface area contributed by atoms with Gasteiger partial charge in [0.25, 0.3) is 0 Å². The second kappa shape index (κ2) is 10.1. The van der Waals surface area contributed by atoms with E-state index < -0.39 is 18.0 Å². The Kier molecular flexibility index (Phi) is 8.47. The third-order valence-corrected chi connectivity index (χ3v) is 5.44. The number of rotatable bonds is 6. The van der Waals surface area contributed by atoms with Gasteiger partial charge in [0.1, 0.15) is 6.04 Å². The first-order valence-electron chi connectivity index (χ1n) is 7.65. The zero-order valence-corrected chi connectivity index (χ0v) is 15.5. The van der Waals surface area contributed by atoms with Crippen LogP contribution in [0.15, 0.2) is 41.3 Å². The van der Waals surface area contributed by atoms with Gasteiger partial charge < -0.3 is 10.8 Å². The molecule has 0 fully saturated rings. The summed E-state index contributed by atoms with van der Waals surface area (Å²) in [7, 11) is 0. The molecule has 0 aliphatic heterocycles. The number of aromatic carboxylic acids is 1. The van der Waals surface area contributed by atoms with Crippen molar-refractivity contribution in [2.45, 2.75) is 32.7 Å². The molecule has 5 nitrogen and oxygen atoms in total. The second-order valence-electron chi connectivity index (χ2n) is 5.65. The SMILES string of the molecule is CC(C)[C@H](N)C(=O)O.O=C(O)c1ccccc1CCc1ccc[se]1. The summed E-state index contributed by atoms with van der Waals surface area (Å²) in [6, 6.07) is 10.8. The van der Waals surface area contributed by atoms with Crippen molar-refractivity contribution in [3.63, 3.8) is 0 Å². The summed E-state index contributed by atoms with van der Waals surface area (Å²) >= 11 is 0.484.